The monoisotopic (exact) mass is 494 g/mol. The van der Waals surface area contributed by atoms with Crippen molar-refractivity contribution in [3.05, 3.63) is 69.8 Å². The number of amides is 1. The molecule has 0 aliphatic rings. The summed E-state index contributed by atoms with van der Waals surface area (Å²) in [7, 11) is 1.56. The van der Waals surface area contributed by atoms with Gasteiger partial charge >= 0.3 is 0 Å². The summed E-state index contributed by atoms with van der Waals surface area (Å²) in [6.07, 6.45) is 1.52. The molecule has 0 saturated heterocycles. The van der Waals surface area contributed by atoms with E-state index in [2.05, 4.69) is 20.5 Å². The number of hydrazone groups is 1. The molecule has 4 aromatic rings. The van der Waals surface area contributed by atoms with Gasteiger partial charge in [-0.15, -0.1) is 11.3 Å². The Labute approximate surface area is 204 Å². The van der Waals surface area contributed by atoms with Gasteiger partial charge in [0.05, 0.1) is 31.1 Å². The van der Waals surface area contributed by atoms with E-state index in [-0.39, 0.29) is 17.2 Å². The van der Waals surface area contributed by atoms with Crippen molar-refractivity contribution in [2.75, 3.05) is 19.5 Å². The fourth-order valence-corrected chi connectivity index (χ4v) is 4.87. The second-order valence-electron chi connectivity index (χ2n) is 6.99. The summed E-state index contributed by atoms with van der Waals surface area (Å²) in [5.74, 6) is 0.956. The third-order valence-corrected chi connectivity index (χ3v) is 6.48. The molecule has 2 aromatic carbocycles. The zero-order valence-electron chi connectivity index (χ0n) is 18.5. The van der Waals surface area contributed by atoms with Gasteiger partial charge in [0.1, 0.15) is 4.83 Å². The van der Waals surface area contributed by atoms with Crippen LogP contribution in [0.15, 0.2) is 69.0 Å². The molecule has 0 radical (unpaired) electrons. The number of thiophene rings is 1. The van der Waals surface area contributed by atoms with Crippen LogP contribution in [-0.2, 0) is 4.79 Å². The number of aromatic amines is 1. The highest BCUT2D eigenvalue weighted by Gasteiger charge is 2.14. The van der Waals surface area contributed by atoms with Crippen LogP contribution in [0, 0.1) is 0 Å². The molecule has 0 aliphatic heterocycles. The van der Waals surface area contributed by atoms with Crippen molar-refractivity contribution in [1.82, 2.24) is 15.4 Å². The molecule has 0 spiro atoms. The minimum atomic E-state index is -0.321. The molecule has 0 saturated carbocycles. The number of thioether (sulfide) groups is 1. The van der Waals surface area contributed by atoms with E-state index in [1.807, 2.05) is 48.7 Å². The lowest BCUT2D eigenvalue weighted by molar-refractivity contribution is -0.118. The number of aromatic nitrogens is 2. The van der Waals surface area contributed by atoms with Crippen LogP contribution >= 0.6 is 23.1 Å². The molecule has 0 aliphatic carbocycles. The van der Waals surface area contributed by atoms with Gasteiger partial charge in [-0.2, -0.15) is 5.10 Å². The number of ether oxygens (including phenoxy) is 2. The number of hydrogen-bond acceptors (Lipinski definition) is 8. The second kappa shape index (κ2) is 11.0. The molecule has 2 heterocycles. The third kappa shape index (κ3) is 5.46. The number of benzene rings is 2. The van der Waals surface area contributed by atoms with Crippen molar-refractivity contribution < 1.29 is 14.3 Å². The van der Waals surface area contributed by atoms with E-state index < -0.39 is 0 Å². The lowest BCUT2D eigenvalue weighted by atomic mass is 10.1. The molecular weight excluding hydrogens is 472 g/mol. The molecule has 174 valence electrons. The Morgan fingerprint density at radius 1 is 1.24 bits per heavy atom. The summed E-state index contributed by atoms with van der Waals surface area (Å²) in [5.41, 5.74) is 4.81. The molecule has 0 bridgehead atoms. The molecule has 0 fully saturated rings. The van der Waals surface area contributed by atoms with Crippen molar-refractivity contribution >= 4 is 45.4 Å². The average Bonchev–Trinajstić information content (AvgIpc) is 3.29. The molecule has 34 heavy (non-hydrogen) atoms. The van der Waals surface area contributed by atoms with E-state index in [4.69, 9.17) is 9.47 Å². The standard InChI is InChI=1S/C24H22N4O4S2/c1-3-32-18-10-9-15(11-19(18)31-2)12-25-28-20(29)14-34-24-26-22(30)21-17(13-33-23(21)27-24)16-7-5-4-6-8-16/h4-13H,3,14H2,1-2H3,(H,28,29)(H,26,27,30)/b25-12+. The average molecular weight is 495 g/mol. The van der Waals surface area contributed by atoms with Gasteiger partial charge in [-0.3, -0.25) is 9.59 Å². The van der Waals surface area contributed by atoms with Crippen LogP contribution in [0.4, 0.5) is 0 Å². The molecule has 8 nitrogen and oxygen atoms in total. The predicted molar refractivity (Wildman–Crippen MR) is 136 cm³/mol. The maximum absolute atomic E-state index is 12.7. The van der Waals surface area contributed by atoms with Crippen LogP contribution in [0.25, 0.3) is 21.3 Å². The molecular formula is C24H22N4O4S2. The molecule has 2 aromatic heterocycles. The van der Waals surface area contributed by atoms with E-state index >= 15 is 0 Å². The van der Waals surface area contributed by atoms with Crippen LogP contribution < -0.4 is 20.5 Å². The first-order chi connectivity index (χ1) is 16.6. The largest absolute Gasteiger partial charge is 0.493 e. The van der Waals surface area contributed by atoms with Crippen molar-refractivity contribution in [3.8, 4) is 22.6 Å². The number of carbonyl (C=O) groups excluding carboxylic acids is 1. The normalized spacial score (nSPS) is 11.1. The van der Waals surface area contributed by atoms with Gasteiger partial charge in [0.25, 0.3) is 11.5 Å². The molecule has 1 amide bonds. The lowest BCUT2D eigenvalue weighted by Gasteiger charge is -2.09. The Morgan fingerprint density at radius 3 is 2.82 bits per heavy atom. The topological polar surface area (TPSA) is 106 Å². The molecule has 0 unspecified atom stereocenters. The Bertz CT molecular complexity index is 1380. The van der Waals surface area contributed by atoms with Gasteiger partial charge in [0, 0.05) is 10.9 Å². The number of H-pyrrole nitrogens is 1. The number of nitrogens with zero attached hydrogens (tertiary/aromatic N) is 2. The van der Waals surface area contributed by atoms with Gasteiger partial charge in [0.2, 0.25) is 0 Å². The van der Waals surface area contributed by atoms with Crippen LogP contribution in [-0.4, -0.2) is 41.6 Å². The lowest BCUT2D eigenvalue weighted by Crippen LogP contribution is -2.20. The highest BCUT2D eigenvalue weighted by Crippen LogP contribution is 2.31. The predicted octanol–water partition coefficient (Wildman–Crippen LogP) is 4.30. The van der Waals surface area contributed by atoms with Gasteiger partial charge in [0.15, 0.2) is 16.7 Å². The first kappa shape index (κ1) is 23.5. The van der Waals surface area contributed by atoms with Gasteiger partial charge in [-0.05, 0) is 36.2 Å². The SMILES string of the molecule is CCOc1ccc(/C=N/NC(=O)CSc2nc3scc(-c4ccccc4)c3c(=O)[nH]2)cc1OC. The van der Waals surface area contributed by atoms with E-state index in [0.29, 0.717) is 33.5 Å². The van der Waals surface area contributed by atoms with Gasteiger partial charge < -0.3 is 14.5 Å². The van der Waals surface area contributed by atoms with E-state index in [1.54, 1.807) is 19.2 Å². The Kier molecular flexibility index (Phi) is 7.61. The number of carbonyl (C=O) groups is 1. The van der Waals surface area contributed by atoms with E-state index in [0.717, 1.165) is 28.5 Å². The van der Waals surface area contributed by atoms with Crippen LogP contribution in [0.1, 0.15) is 12.5 Å². The van der Waals surface area contributed by atoms with Crippen LogP contribution in [0.3, 0.4) is 0 Å². The smallest absolute Gasteiger partial charge is 0.260 e. The Hall–Kier alpha value is -3.63. The second-order valence-corrected chi connectivity index (χ2v) is 8.81. The summed E-state index contributed by atoms with van der Waals surface area (Å²) < 4.78 is 10.8. The zero-order valence-corrected chi connectivity index (χ0v) is 20.2. The number of fused-ring (bicyclic) bond motifs is 1. The van der Waals surface area contributed by atoms with Crippen molar-refractivity contribution in [1.29, 1.82) is 0 Å². The Balaban J connectivity index is 1.38. The third-order valence-electron chi connectivity index (χ3n) is 4.74. The number of hydrogen-bond donors (Lipinski definition) is 2. The maximum Gasteiger partial charge on any atom is 0.260 e. The van der Waals surface area contributed by atoms with Crippen LogP contribution in [0.2, 0.25) is 0 Å². The molecule has 0 atom stereocenters. The minimum absolute atomic E-state index is 0.0509. The van der Waals surface area contributed by atoms with E-state index in [9.17, 15) is 9.59 Å². The van der Waals surface area contributed by atoms with Crippen molar-refractivity contribution in [3.63, 3.8) is 0 Å². The first-order valence-corrected chi connectivity index (χ1v) is 12.3. The van der Waals surface area contributed by atoms with E-state index in [1.165, 1.54) is 17.6 Å². The summed E-state index contributed by atoms with van der Waals surface area (Å²) in [5, 5.41) is 6.85. The van der Waals surface area contributed by atoms with Crippen LogP contribution in [0.5, 0.6) is 11.5 Å². The zero-order chi connectivity index (χ0) is 23.9. The van der Waals surface area contributed by atoms with Crippen molar-refractivity contribution in [2.24, 2.45) is 5.10 Å². The quantitative estimate of drug-likeness (QED) is 0.156. The summed E-state index contributed by atoms with van der Waals surface area (Å²) >= 11 is 2.54. The maximum atomic E-state index is 12.7. The highest BCUT2D eigenvalue weighted by atomic mass is 32.2. The highest BCUT2D eigenvalue weighted by molar-refractivity contribution is 7.99. The summed E-state index contributed by atoms with van der Waals surface area (Å²) in [6.45, 7) is 2.43. The summed E-state index contributed by atoms with van der Waals surface area (Å²) in [4.78, 5) is 32.8. The van der Waals surface area contributed by atoms with Gasteiger partial charge in [-0.25, -0.2) is 10.4 Å². The molecule has 2 N–H and O–H groups in total. The number of methoxy groups -OCH3 is 1. The number of rotatable bonds is 9. The summed E-state index contributed by atoms with van der Waals surface area (Å²) in [6, 6.07) is 15.1. The Morgan fingerprint density at radius 2 is 2.06 bits per heavy atom. The van der Waals surface area contributed by atoms with Gasteiger partial charge in [-0.1, -0.05) is 42.1 Å². The minimum Gasteiger partial charge on any atom is -0.493 e. The fourth-order valence-electron chi connectivity index (χ4n) is 3.21. The van der Waals surface area contributed by atoms with Crippen molar-refractivity contribution in [2.45, 2.75) is 12.1 Å². The number of nitrogens with one attached hydrogen (secondary N) is 2. The molecule has 4 rings (SSSR count). The first-order valence-electron chi connectivity index (χ1n) is 10.4. The fraction of sp³-hybridized carbons (Fsp3) is 0.167. The molecule has 10 heteroatoms.